The smallest absolute Gasteiger partial charge is 0.329 e. The molecule has 0 radical (unpaired) electrons. The Hall–Kier alpha value is -0.780. The quantitative estimate of drug-likeness (QED) is 0.852. The number of hydrogen-bond acceptors (Lipinski definition) is 3. The van der Waals surface area contributed by atoms with Gasteiger partial charge in [0.05, 0.1) is 11.1 Å². The highest BCUT2D eigenvalue weighted by Crippen LogP contribution is 2.35. The van der Waals surface area contributed by atoms with Crippen molar-refractivity contribution in [3.05, 3.63) is 27.7 Å². The summed E-state index contributed by atoms with van der Waals surface area (Å²) < 4.78 is 6.08. The molecule has 0 bridgehead atoms. The molecule has 1 fully saturated rings. The first-order valence-corrected chi connectivity index (χ1v) is 7.63. The summed E-state index contributed by atoms with van der Waals surface area (Å²) in [7, 11) is 1.63. The summed E-state index contributed by atoms with van der Waals surface area (Å²) in [5.41, 5.74) is -0.243. The topological polar surface area (TPSA) is 58.6 Å². The summed E-state index contributed by atoms with van der Waals surface area (Å²) >= 11 is 9.30. The van der Waals surface area contributed by atoms with Gasteiger partial charge in [-0.2, -0.15) is 0 Å². The number of halogens is 2. The third-order valence-electron chi connectivity index (χ3n) is 3.75. The first kappa shape index (κ1) is 15.6. The maximum absolute atomic E-state index is 11.7. The first-order valence-electron chi connectivity index (χ1n) is 6.46. The highest BCUT2D eigenvalue weighted by molar-refractivity contribution is 9.10. The average molecular weight is 363 g/mol. The van der Waals surface area contributed by atoms with E-state index in [1.54, 1.807) is 25.3 Å². The van der Waals surface area contributed by atoms with Crippen LogP contribution in [0, 0.1) is 0 Å². The van der Waals surface area contributed by atoms with E-state index in [1.165, 1.54) is 0 Å². The van der Waals surface area contributed by atoms with Crippen LogP contribution in [0.5, 0.6) is 0 Å². The fourth-order valence-corrected chi connectivity index (χ4v) is 3.13. The molecule has 0 aliphatic heterocycles. The van der Waals surface area contributed by atoms with E-state index in [0.29, 0.717) is 17.9 Å². The molecule has 0 spiro atoms. The van der Waals surface area contributed by atoms with Crippen LogP contribution in [0.15, 0.2) is 22.7 Å². The maximum atomic E-state index is 11.7. The van der Waals surface area contributed by atoms with Crippen molar-refractivity contribution in [1.29, 1.82) is 0 Å². The molecule has 2 unspecified atom stereocenters. The monoisotopic (exact) mass is 361 g/mol. The molecule has 1 aromatic carbocycles. The number of methoxy groups -OCH3 is 1. The fraction of sp³-hybridized carbons (Fsp3) is 0.500. The van der Waals surface area contributed by atoms with Crippen molar-refractivity contribution in [3.63, 3.8) is 0 Å². The molecule has 1 aromatic rings. The molecule has 2 atom stereocenters. The van der Waals surface area contributed by atoms with E-state index in [2.05, 4.69) is 21.2 Å². The predicted octanol–water partition coefficient (Wildman–Crippen LogP) is 3.93. The number of nitrogens with one attached hydrogen (secondary N) is 1. The van der Waals surface area contributed by atoms with Crippen molar-refractivity contribution in [2.75, 3.05) is 12.4 Å². The molecule has 0 saturated heterocycles. The van der Waals surface area contributed by atoms with Crippen LogP contribution >= 0.6 is 27.5 Å². The minimum absolute atomic E-state index is 0.0249. The number of aliphatic carboxylic acids is 1. The molecule has 20 heavy (non-hydrogen) atoms. The molecule has 0 aromatic heterocycles. The average Bonchev–Trinajstić information content (AvgIpc) is 2.43. The van der Waals surface area contributed by atoms with Crippen molar-refractivity contribution in [1.82, 2.24) is 0 Å². The molecular weight excluding hydrogens is 346 g/mol. The molecule has 1 aliphatic carbocycles. The lowest BCUT2D eigenvalue weighted by Gasteiger charge is -2.38. The summed E-state index contributed by atoms with van der Waals surface area (Å²) in [6, 6.07) is 5.32. The Balaban J connectivity index is 2.24. The number of carbonyl (C=O) groups is 1. The van der Waals surface area contributed by atoms with E-state index in [-0.39, 0.29) is 6.10 Å². The second-order valence-electron chi connectivity index (χ2n) is 5.10. The summed E-state index contributed by atoms with van der Waals surface area (Å²) in [4.78, 5) is 11.7. The largest absolute Gasteiger partial charge is 0.480 e. The minimum atomic E-state index is -0.980. The molecule has 1 aliphatic rings. The third-order valence-corrected chi connectivity index (χ3v) is 4.97. The van der Waals surface area contributed by atoms with Crippen molar-refractivity contribution in [3.8, 4) is 0 Å². The van der Waals surface area contributed by atoms with Crippen LogP contribution in [0.3, 0.4) is 0 Å². The van der Waals surface area contributed by atoms with Crippen LogP contribution in [-0.2, 0) is 9.53 Å². The zero-order valence-corrected chi connectivity index (χ0v) is 13.5. The lowest BCUT2D eigenvalue weighted by atomic mass is 9.80. The normalized spacial score (nSPS) is 26.2. The first-order chi connectivity index (χ1) is 9.47. The Bertz CT molecular complexity index is 511. The molecule has 6 heteroatoms. The number of anilines is 1. The van der Waals surface area contributed by atoms with Gasteiger partial charge in [-0.3, -0.25) is 0 Å². The highest BCUT2D eigenvalue weighted by atomic mass is 79.9. The van der Waals surface area contributed by atoms with Crippen molar-refractivity contribution in [2.24, 2.45) is 0 Å². The van der Waals surface area contributed by atoms with Gasteiger partial charge in [0.2, 0.25) is 0 Å². The van der Waals surface area contributed by atoms with E-state index in [1.807, 2.05) is 0 Å². The van der Waals surface area contributed by atoms with Crippen molar-refractivity contribution in [2.45, 2.75) is 37.3 Å². The van der Waals surface area contributed by atoms with Crippen molar-refractivity contribution >= 4 is 39.2 Å². The van der Waals surface area contributed by atoms with Crippen LogP contribution in [0.2, 0.25) is 5.02 Å². The number of rotatable bonds is 4. The summed E-state index contributed by atoms with van der Waals surface area (Å²) in [6.45, 7) is 0. The Morgan fingerprint density at radius 1 is 1.60 bits per heavy atom. The zero-order valence-electron chi connectivity index (χ0n) is 11.2. The Labute approximate surface area is 131 Å². The lowest BCUT2D eigenvalue weighted by Crippen LogP contribution is -2.51. The van der Waals surface area contributed by atoms with Gasteiger partial charge >= 0.3 is 5.97 Å². The molecular formula is C14H17BrClNO3. The molecule has 0 heterocycles. The third kappa shape index (κ3) is 3.27. The second kappa shape index (κ2) is 6.33. The van der Waals surface area contributed by atoms with Gasteiger partial charge in [0, 0.05) is 23.7 Å². The van der Waals surface area contributed by atoms with Crippen LogP contribution in [-0.4, -0.2) is 29.8 Å². The van der Waals surface area contributed by atoms with E-state index in [9.17, 15) is 9.90 Å². The summed E-state index contributed by atoms with van der Waals surface area (Å²) in [6.07, 6.45) is 2.74. The molecule has 1 saturated carbocycles. The Morgan fingerprint density at radius 2 is 2.35 bits per heavy atom. The van der Waals surface area contributed by atoms with Crippen LogP contribution in [0.25, 0.3) is 0 Å². The van der Waals surface area contributed by atoms with Crippen LogP contribution in [0.4, 0.5) is 5.69 Å². The molecule has 0 amide bonds. The van der Waals surface area contributed by atoms with Crippen LogP contribution < -0.4 is 5.32 Å². The predicted molar refractivity (Wildman–Crippen MR) is 82.4 cm³/mol. The molecule has 4 nitrogen and oxygen atoms in total. The van der Waals surface area contributed by atoms with E-state index < -0.39 is 11.5 Å². The number of carboxylic acid groups (broad SMARTS) is 1. The summed E-state index contributed by atoms with van der Waals surface area (Å²) in [5, 5.41) is 13.4. The molecule has 2 N–H and O–H groups in total. The number of benzene rings is 1. The molecule has 110 valence electrons. The fourth-order valence-electron chi connectivity index (χ4n) is 2.64. The number of hydrogen-bond donors (Lipinski definition) is 2. The lowest BCUT2D eigenvalue weighted by molar-refractivity contribution is -0.145. The van der Waals surface area contributed by atoms with E-state index in [4.69, 9.17) is 16.3 Å². The van der Waals surface area contributed by atoms with Gasteiger partial charge in [-0.25, -0.2) is 4.79 Å². The maximum Gasteiger partial charge on any atom is 0.329 e. The van der Waals surface area contributed by atoms with Crippen molar-refractivity contribution < 1.29 is 14.6 Å². The van der Waals surface area contributed by atoms with E-state index >= 15 is 0 Å². The summed E-state index contributed by atoms with van der Waals surface area (Å²) in [5.74, 6) is -0.842. The Morgan fingerprint density at radius 3 is 2.95 bits per heavy atom. The van der Waals surface area contributed by atoms with Gasteiger partial charge in [0.15, 0.2) is 0 Å². The number of ether oxygens (including phenoxy) is 1. The van der Waals surface area contributed by atoms with Gasteiger partial charge in [-0.15, -0.1) is 0 Å². The zero-order chi connectivity index (χ0) is 14.8. The standard InChI is InChI=1S/C14H17BrClNO3/c1-20-10-3-2-6-14(8-10,13(18)19)17-9-4-5-12(16)11(15)7-9/h4-5,7,10,17H,2-3,6,8H2,1H3,(H,18,19). The molecule has 2 rings (SSSR count). The minimum Gasteiger partial charge on any atom is -0.480 e. The van der Waals surface area contributed by atoms with E-state index in [0.717, 1.165) is 23.0 Å². The highest BCUT2D eigenvalue weighted by Gasteiger charge is 2.43. The van der Waals surface area contributed by atoms with Gasteiger partial charge in [0.25, 0.3) is 0 Å². The second-order valence-corrected chi connectivity index (χ2v) is 6.36. The van der Waals surface area contributed by atoms with Gasteiger partial charge < -0.3 is 15.2 Å². The van der Waals surface area contributed by atoms with Crippen LogP contribution in [0.1, 0.15) is 25.7 Å². The van der Waals surface area contributed by atoms with Gasteiger partial charge in [-0.1, -0.05) is 11.6 Å². The van der Waals surface area contributed by atoms with Gasteiger partial charge in [0.1, 0.15) is 5.54 Å². The van der Waals surface area contributed by atoms with Gasteiger partial charge in [-0.05, 0) is 53.4 Å². The Kier molecular flexibility index (Phi) is 4.94. The SMILES string of the molecule is COC1CCCC(Nc2ccc(Cl)c(Br)c2)(C(=O)O)C1. The number of carboxylic acids is 1.